The third-order valence-electron chi connectivity index (χ3n) is 4.22. The van der Waals surface area contributed by atoms with Crippen LogP contribution in [0.15, 0.2) is 4.99 Å². The van der Waals surface area contributed by atoms with Gasteiger partial charge in [0, 0.05) is 37.9 Å². The lowest BCUT2D eigenvalue weighted by molar-refractivity contribution is 0.655. The van der Waals surface area contributed by atoms with E-state index in [1.165, 1.54) is 30.5 Å². The van der Waals surface area contributed by atoms with Gasteiger partial charge in [-0.1, -0.05) is 13.3 Å². The molecular weight excluding hydrogens is 377 g/mol. The summed E-state index contributed by atoms with van der Waals surface area (Å²) >= 11 is 0. The third kappa shape index (κ3) is 4.59. The Morgan fingerprint density at radius 2 is 2.14 bits per heavy atom. The number of nitrogens with zero attached hydrogens (tertiary/aromatic N) is 3. The number of hydrogen-bond donors (Lipinski definition) is 2. The molecule has 21 heavy (non-hydrogen) atoms. The number of aliphatic imine (C=N–C) groups is 1. The summed E-state index contributed by atoms with van der Waals surface area (Å²) < 4.78 is 1.93. The first-order valence-electron chi connectivity index (χ1n) is 7.53. The molecule has 2 N–H and O–H groups in total. The fraction of sp³-hybridized carbons (Fsp3) is 0.733. The van der Waals surface area contributed by atoms with Gasteiger partial charge in [-0.05, 0) is 32.6 Å². The molecule has 0 saturated heterocycles. The monoisotopic (exact) mass is 405 g/mol. The largest absolute Gasteiger partial charge is 0.353 e. The molecular formula is C15H28IN5. The highest BCUT2D eigenvalue weighted by Crippen LogP contribution is 2.34. The predicted octanol–water partition coefficient (Wildman–Crippen LogP) is 2.51. The van der Waals surface area contributed by atoms with Crippen molar-refractivity contribution in [3.63, 3.8) is 0 Å². The van der Waals surface area contributed by atoms with Crippen LogP contribution < -0.4 is 10.6 Å². The minimum absolute atomic E-state index is 0. The average molecular weight is 405 g/mol. The van der Waals surface area contributed by atoms with Gasteiger partial charge >= 0.3 is 0 Å². The van der Waals surface area contributed by atoms with E-state index in [9.17, 15) is 0 Å². The lowest BCUT2D eigenvalue weighted by Crippen LogP contribution is -2.38. The zero-order chi connectivity index (χ0) is 14.7. The van der Waals surface area contributed by atoms with Crippen molar-refractivity contribution >= 4 is 29.9 Å². The van der Waals surface area contributed by atoms with Crippen LogP contribution in [0.4, 0.5) is 0 Å². The van der Waals surface area contributed by atoms with Gasteiger partial charge in [-0.15, -0.1) is 24.0 Å². The van der Waals surface area contributed by atoms with E-state index in [0.29, 0.717) is 6.04 Å². The van der Waals surface area contributed by atoms with E-state index < -0.39 is 0 Å². The summed E-state index contributed by atoms with van der Waals surface area (Å²) in [4.78, 5) is 4.31. The highest BCUT2D eigenvalue weighted by molar-refractivity contribution is 14.0. The summed E-state index contributed by atoms with van der Waals surface area (Å²) in [6.45, 7) is 7.18. The quantitative estimate of drug-likeness (QED) is 0.450. The van der Waals surface area contributed by atoms with Crippen LogP contribution in [0.25, 0.3) is 0 Å². The van der Waals surface area contributed by atoms with Crippen LogP contribution in [0.2, 0.25) is 0 Å². The molecule has 1 saturated carbocycles. The molecule has 2 unspecified atom stereocenters. The average Bonchev–Trinajstić information content (AvgIpc) is 3.09. The van der Waals surface area contributed by atoms with Gasteiger partial charge in [0.2, 0.25) is 0 Å². The summed E-state index contributed by atoms with van der Waals surface area (Å²) in [5, 5.41) is 11.3. The van der Waals surface area contributed by atoms with E-state index in [-0.39, 0.29) is 24.0 Å². The van der Waals surface area contributed by atoms with Crippen LogP contribution in [-0.2, 0) is 13.6 Å². The molecule has 0 radical (unpaired) electrons. The second-order valence-electron chi connectivity index (χ2n) is 5.73. The molecule has 1 heterocycles. The van der Waals surface area contributed by atoms with Crippen molar-refractivity contribution in [2.24, 2.45) is 18.0 Å². The molecule has 1 aromatic rings. The lowest BCUT2D eigenvalue weighted by Gasteiger charge is -2.12. The molecule has 6 heteroatoms. The second kappa shape index (κ2) is 8.00. The van der Waals surface area contributed by atoms with Crippen LogP contribution in [0.5, 0.6) is 0 Å². The van der Waals surface area contributed by atoms with Gasteiger partial charge in [-0.25, -0.2) is 0 Å². The standard InChI is InChI=1S/C15H27N5.HI/c1-6-7-12-8-14(12)18-15(16-4)17-9-13-10(2)19-20(5)11(13)3;/h12,14H,6-9H2,1-5H3,(H2,16,17,18);1H. The molecule has 0 aromatic carbocycles. The maximum Gasteiger partial charge on any atom is 0.191 e. The second-order valence-corrected chi connectivity index (χ2v) is 5.73. The molecule has 5 nitrogen and oxygen atoms in total. The highest BCUT2D eigenvalue weighted by atomic mass is 127. The first kappa shape index (κ1) is 18.3. The zero-order valence-corrected chi connectivity index (χ0v) is 16.1. The zero-order valence-electron chi connectivity index (χ0n) is 13.7. The Hall–Kier alpha value is -0.790. The summed E-state index contributed by atoms with van der Waals surface area (Å²) in [6.07, 6.45) is 3.86. The Morgan fingerprint density at radius 1 is 1.43 bits per heavy atom. The van der Waals surface area contributed by atoms with Crippen LogP contribution in [0.1, 0.15) is 43.1 Å². The first-order valence-corrected chi connectivity index (χ1v) is 7.53. The Balaban J connectivity index is 0.00000220. The lowest BCUT2D eigenvalue weighted by atomic mass is 10.2. The Bertz CT molecular complexity index is 494. The normalized spacial score (nSPS) is 20.9. The minimum atomic E-state index is 0. The maximum atomic E-state index is 4.44. The van der Waals surface area contributed by atoms with E-state index in [1.807, 2.05) is 18.8 Å². The van der Waals surface area contributed by atoms with Gasteiger partial charge in [0.15, 0.2) is 5.96 Å². The van der Waals surface area contributed by atoms with Gasteiger partial charge < -0.3 is 10.6 Å². The molecule has 0 spiro atoms. The van der Waals surface area contributed by atoms with E-state index in [4.69, 9.17) is 0 Å². The van der Waals surface area contributed by atoms with E-state index in [1.54, 1.807) is 0 Å². The summed E-state index contributed by atoms with van der Waals surface area (Å²) in [5.74, 6) is 1.73. The molecule has 0 aliphatic heterocycles. The van der Waals surface area contributed by atoms with Crippen LogP contribution >= 0.6 is 24.0 Å². The molecule has 2 atom stereocenters. The molecule has 120 valence electrons. The third-order valence-corrected chi connectivity index (χ3v) is 4.22. The highest BCUT2D eigenvalue weighted by Gasteiger charge is 2.36. The first-order chi connectivity index (χ1) is 9.56. The number of hydrogen-bond acceptors (Lipinski definition) is 2. The SMILES string of the molecule is CCCC1CC1NC(=NC)NCc1c(C)nn(C)c1C.I. The number of aromatic nitrogens is 2. The minimum Gasteiger partial charge on any atom is -0.353 e. The molecule has 1 aliphatic rings. The summed E-state index contributed by atoms with van der Waals surface area (Å²) in [6, 6.07) is 0.609. The van der Waals surface area contributed by atoms with Crippen molar-refractivity contribution in [3.8, 4) is 0 Å². The fourth-order valence-electron chi connectivity index (χ4n) is 2.73. The summed E-state index contributed by atoms with van der Waals surface area (Å²) in [7, 11) is 3.81. The number of halogens is 1. The Morgan fingerprint density at radius 3 is 2.67 bits per heavy atom. The van der Waals surface area contributed by atoms with Crippen molar-refractivity contribution in [1.82, 2.24) is 20.4 Å². The topological polar surface area (TPSA) is 54.2 Å². The number of nitrogens with one attached hydrogen (secondary N) is 2. The van der Waals surface area contributed by atoms with Gasteiger partial charge in [0.1, 0.15) is 0 Å². The van der Waals surface area contributed by atoms with E-state index in [2.05, 4.69) is 41.5 Å². The number of aryl methyl sites for hydroxylation is 2. The molecule has 1 aromatic heterocycles. The number of rotatable bonds is 5. The predicted molar refractivity (Wildman–Crippen MR) is 98.2 cm³/mol. The van der Waals surface area contributed by atoms with E-state index >= 15 is 0 Å². The van der Waals surface area contributed by atoms with Crippen molar-refractivity contribution < 1.29 is 0 Å². The van der Waals surface area contributed by atoms with Gasteiger partial charge in [-0.3, -0.25) is 9.67 Å². The molecule has 0 amide bonds. The Labute approximate surface area is 145 Å². The molecule has 1 fully saturated rings. The van der Waals surface area contributed by atoms with Crippen molar-refractivity contribution in [1.29, 1.82) is 0 Å². The smallest absolute Gasteiger partial charge is 0.191 e. The van der Waals surface area contributed by atoms with Gasteiger partial charge in [0.25, 0.3) is 0 Å². The summed E-state index contributed by atoms with van der Waals surface area (Å²) in [5.41, 5.74) is 3.56. The van der Waals surface area contributed by atoms with Crippen molar-refractivity contribution in [3.05, 3.63) is 17.0 Å². The van der Waals surface area contributed by atoms with Crippen LogP contribution in [0, 0.1) is 19.8 Å². The molecule has 1 aliphatic carbocycles. The fourth-order valence-corrected chi connectivity index (χ4v) is 2.73. The van der Waals surface area contributed by atoms with Crippen LogP contribution in [0.3, 0.4) is 0 Å². The molecule has 2 rings (SSSR count). The number of guanidine groups is 1. The van der Waals surface area contributed by atoms with Gasteiger partial charge in [0.05, 0.1) is 5.69 Å². The van der Waals surface area contributed by atoms with Crippen molar-refractivity contribution in [2.75, 3.05) is 7.05 Å². The maximum absolute atomic E-state index is 4.44. The van der Waals surface area contributed by atoms with Gasteiger partial charge in [-0.2, -0.15) is 5.10 Å². The van der Waals surface area contributed by atoms with E-state index in [0.717, 1.165) is 24.1 Å². The van der Waals surface area contributed by atoms with Crippen molar-refractivity contribution in [2.45, 2.75) is 52.6 Å². The van der Waals surface area contributed by atoms with Crippen LogP contribution in [-0.4, -0.2) is 28.8 Å². The Kier molecular flexibility index (Phi) is 6.96. The molecule has 0 bridgehead atoms.